The van der Waals surface area contributed by atoms with Crippen LogP contribution in [0.3, 0.4) is 0 Å². The van der Waals surface area contributed by atoms with Gasteiger partial charge >= 0.3 is 5.97 Å². The quantitative estimate of drug-likeness (QED) is 0.753. The summed E-state index contributed by atoms with van der Waals surface area (Å²) in [7, 11) is 3.12. The van der Waals surface area contributed by atoms with Gasteiger partial charge in [-0.25, -0.2) is 4.79 Å². The maximum absolute atomic E-state index is 12.1. The van der Waals surface area contributed by atoms with Crippen molar-refractivity contribution >= 4 is 11.9 Å². The van der Waals surface area contributed by atoms with Crippen LogP contribution in [-0.2, 0) is 4.79 Å². The van der Waals surface area contributed by atoms with Crippen molar-refractivity contribution in [2.24, 2.45) is 0 Å². The normalized spacial score (nSPS) is 11.3. The van der Waals surface area contributed by atoms with Gasteiger partial charge in [0, 0.05) is 5.56 Å². The predicted octanol–water partition coefficient (Wildman–Crippen LogP) is 2.66. The van der Waals surface area contributed by atoms with Crippen LogP contribution < -0.4 is 19.5 Å². The highest BCUT2D eigenvalue weighted by atomic mass is 16.5. The van der Waals surface area contributed by atoms with Crippen LogP contribution in [0.25, 0.3) is 0 Å². The highest BCUT2D eigenvalue weighted by Gasteiger charge is 2.16. The third kappa shape index (κ3) is 4.89. The second kappa shape index (κ2) is 8.75. The molecule has 0 aliphatic rings. The lowest BCUT2D eigenvalue weighted by molar-refractivity contribution is -0.123. The maximum Gasteiger partial charge on any atom is 0.335 e. The van der Waals surface area contributed by atoms with Crippen LogP contribution in [0.2, 0.25) is 0 Å². The van der Waals surface area contributed by atoms with E-state index in [1.54, 1.807) is 44.6 Å². The molecule has 2 aromatic carbocycles. The van der Waals surface area contributed by atoms with Gasteiger partial charge < -0.3 is 24.6 Å². The lowest BCUT2D eigenvalue weighted by atomic mass is 10.1. The van der Waals surface area contributed by atoms with E-state index in [1.165, 1.54) is 12.1 Å². The Balaban J connectivity index is 1.99. The van der Waals surface area contributed by atoms with Gasteiger partial charge in [-0.3, -0.25) is 4.79 Å². The second-order valence-electron chi connectivity index (χ2n) is 5.52. The molecular weight excluding hydrogens is 338 g/mol. The minimum Gasteiger partial charge on any atom is -0.497 e. The zero-order valence-electron chi connectivity index (χ0n) is 14.8. The Morgan fingerprint density at radius 2 is 1.85 bits per heavy atom. The molecule has 0 spiro atoms. The topological polar surface area (TPSA) is 94.1 Å². The van der Waals surface area contributed by atoms with E-state index in [0.717, 1.165) is 5.56 Å². The molecule has 7 heteroatoms. The molecule has 2 N–H and O–H groups in total. The summed E-state index contributed by atoms with van der Waals surface area (Å²) in [5.74, 6) is 0.200. The van der Waals surface area contributed by atoms with Crippen molar-refractivity contribution in [2.75, 3.05) is 20.8 Å². The van der Waals surface area contributed by atoms with Crippen molar-refractivity contribution in [3.8, 4) is 17.2 Å². The Kier molecular flexibility index (Phi) is 6.43. The first-order chi connectivity index (χ1) is 12.4. The number of carboxylic acid groups (broad SMARTS) is 1. The van der Waals surface area contributed by atoms with Crippen LogP contribution in [0.1, 0.15) is 28.9 Å². The Morgan fingerprint density at radius 3 is 2.50 bits per heavy atom. The van der Waals surface area contributed by atoms with Crippen molar-refractivity contribution in [3.63, 3.8) is 0 Å². The molecule has 1 amide bonds. The predicted molar refractivity (Wildman–Crippen MR) is 95.0 cm³/mol. The van der Waals surface area contributed by atoms with Gasteiger partial charge in [-0.05, 0) is 43.3 Å². The van der Waals surface area contributed by atoms with E-state index < -0.39 is 5.97 Å². The SMILES string of the molecule is COc1ccc(OC)c(C(C)NC(=O)COc2cccc(C(=O)O)c2)c1. The van der Waals surface area contributed by atoms with Crippen molar-refractivity contribution < 1.29 is 28.9 Å². The van der Waals surface area contributed by atoms with E-state index in [1.807, 2.05) is 6.92 Å². The smallest absolute Gasteiger partial charge is 0.335 e. The first kappa shape index (κ1) is 19.1. The largest absolute Gasteiger partial charge is 0.497 e. The molecule has 7 nitrogen and oxygen atoms in total. The minimum atomic E-state index is -1.06. The molecule has 26 heavy (non-hydrogen) atoms. The first-order valence-electron chi connectivity index (χ1n) is 7.92. The van der Waals surface area contributed by atoms with Gasteiger partial charge in [-0.1, -0.05) is 6.07 Å². The van der Waals surface area contributed by atoms with E-state index in [0.29, 0.717) is 17.2 Å². The number of nitrogens with one attached hydrogen (secondary N) is 1. The molecule has 1 atom stereocenters. The van der Waals surface area contributed by atoms with Gasteiger partial charge in [0.25, 0.3) is 5.91 Å². The number of methoxy groups -OCH3 is 2. The highest BCUT2D eigenvalue weighted by Crippen LogP contribution is 2.29. The molecule has 0 fully saturated rings. The van der Waals surface area contributed by atoms with Crippen LogP contribution in [0.15, 0.2) is 42.5 Å². The summed E-state index contributed by atoms with van der Waals surface area (Å²) in [5.41, 5.74) is 0.866. The molecule has 0 bridgehead atoms. The van der Waals surface area contributed by atoms with Gasteiger partial charge in [0.1, 0.15) is 17.2 Å². The second-order valence-corrected chi connectivity index (χ2v) is 5.52. The van der Waals surface area contributed by atoms with Crippen LogP contribution in [0, 0.1) is 0 Å². The molecular formula is C19H21NO6. The van der Waals surface area contributed by atoms with Gasteiger partial charge in [-0.2, -0.15) is 0 Å². The molecule has 0 saturated carbocycles. The third-order valence-electron chi connectivity index (χ3n) is 3.73. The summed E-state index contributed by atoms with van der Waals surface area (Å²) < 4.78 is 15.9. The van der Waals surface area contributed by atoms with Crippen molar-refractivity contribution in [1.82, 2.24) is 5.32 Å². The molecule has 138 valence electrons. The number of carbonyl (C=O) groups excluding carboxylic acids is 1. The van der Waals surface area contributed by atoms with Crippen molar-refractivity contribution in [3.05, 3.63) is 53.6 Å². The van der Waals surface area contributed by atoms with Crippen molar-refractivity contribution in [2.45, 2.75) is 13.0 Å². The summed E-state index contributed by atoms with van der Waals surface area (Å²) in [6.45, 7) is 1.58. The number of ether oxygens (including phenoxy) is 3. The van der Waals surface area contributed by atoms with Crippen molar-refractivity contribution in [1.29, 1.82) is 0 Å². The minimum absolute atomic E-state index is 0.0948. The van der Waals surface area contributed by atoms with Crippen LogP contribution >= 0.6 is 0 Å². The monoisotopic (exact) mass is 359 g/mol. The number of carboxylic acids is 1. The van der Waals surface area contributed by atoms with E-state index in [2.05, 4.69) is 5.32 Å². The number of benzene rings is 2. The molecule has 0 aromatic heterocycles. The standard InChI is InChI=1S/C19H21NO6/c1-12(16-10-14(24-2)7-8-17(16)25-3)20-18(21)11-26-15-6-4-5-13(9-15)19(22)23/h4-10,12H,11H2,1-3H3,(H,20,21)(H,22,23). The van der Waals surface area contributed by atoms with E-state index in [4.69, 9.17) is 19.3 Å². The van der Waals surface area contributed by atoms with E-state index in [9.17, 15) is 9.59 Å². The Hall–Kier alpha value is -3.22. The van der Waals surface area contributed by atoms with Crippen LogP contribution in [-0.4, -0.2) is 37.8 Å². The number of amides is 1. The fraction of sp³-hybridized carbons (Fsp3) is 0.263. The van der Waals surface area contributed by atoms with Gasteiger partial charge in [0.2, 0.25) is 0 Å². The summed E-state index contributed by atoms with van der Waals surface area (Å²) >= 11 is 0. The third-order valence-corrected chi connectivity index (χ3v) is 3.73. The summed E-state index contributed by atoms with van der Waals surface area (Å²) in [6, 6.07) is 11.0. The molecule has 2 aromatic rings. The fourth-order valence-corrected chi connectivity index (χ4v) is 2.41. The van der Waals surface area contributed by atoms with E-state index in [-0.39, 0.29) is 24.1 Å². The molecule has 0 heterocycles. The average molecular weight is 359 g/mol. The lowest BCUT2D eigenvalue weighted by Gasteiger charge is -2.18. The van der Waals surface area contributed by atoms with E-state index >= 15 is 0 Å². The fourth-order valence-electron chi connectivity index (χ4n) is 2.41. The van der Waals surface area contributed by atoms with Crippen LogP contribution in [0.4, 0.5) is 0 Å². The Morgan fingerprint density at radius 1 is 1.08 bits per heavy atom. The average Bonchev–Trinajstić information content (AvgIpc) is 2.65. The van der Waals surface area contributed by atoms with Crippen LogP contribution in [0.5, 0.6) is 17.2 Å². The zero-order chi connectivity index (χ0) is 19.1. The molecule has 0 radical (unpaired) electrons. The maximum atomic E-state index is 12.1. The van der Waals surface area contributed by atoms with Gasteiger partial charge in [0.05, 0.1) is 25.8 Å². The number of rotatable bonds is 8. The number of hydrogen-bond donors (Lipinski definition) is 2. The molecule has 1 unspecified atom stereocenters. The molecule has 0 aliphatic heterocycles. The Labute approximate surface area is 151 Å². The summed E-state index contributed by atoms with van der Waals surface area (Å²) in [4.78, 5) is 23.1. The number of hydrogen-bond acceptors (Lipinski definition) is 5. The Bertz CT molecular complexity index is 789. The lowest BCUT2D eigenvalue weighted by Crippen LogP contribution is -2.31. The first-order valence-corrected chi connectivity index (χ1v) is 7.92. The highest BCUT2D eigenvalue weighted by molar-refractivity contribution is 5.88. The number of carbonyl (C=O) groups is 2. The zero-order valence-corrected chi connectivity index (χ0v) is 14.8. The van der Waals surface area contributed by atoms with Gasteiger partial charge in [0.15, 0.2) is 6.61 Å². The molecule has 0 saturated heterocycles. The number of aromatic carboxylic acids is 1. The molecule has 0 aliphatic carbocycles. The summed E-state index contributed by atoms with van der Waals surface area (Å²) in [5, 5.41) is 11.8. The van der Waals surface area contributed by atoms with Gasteiger partial charge in [-0.15, -0.1) is 0 Å². The molecule has 2 rings (SSSR count). The summed E-state index contributed by atoms with van der Waals surface area (Å²) in [6.07, 6.45) is 0.